The van der Waals surface area contributed by atoms with Crippen molar-refractivity contribution in [2.75, 3.05) is 32.9 Å². The zero-order valence-corrected chi connectivity index (χ0v) is 25.3. The molecule has 0 bridgehead atoms. The number of carbonyl (C=O) groups is 6. The van der Waals surface area contributed by atoms with Crippen molar-refractivity contribution in [1.82, 2.24) is 26.6 Å². The molecule has 0 aliphatic carbocycles. The number of hydrogen-bond acceptors (Lipinski definition) is 9. The Morgan fingerprint density at radius 1 is 0.976 bits per heavy atom. The first-order chi connectivity index (χ1) is 19.5. The molecule has 0 aromatic heterocycles. The van der Waals surface area contributed by atoms with E-state index in [1.54, 1.807) is 54.5 Å². The van der Waals surface area contributed by atoms with E-state index in [2.05, 4.69) is 26.6 Å². The molecule has 0 fully saturated rings. The van der Waals surface area contributed by atoms with Crippen LogP contribution in [0.15, 0.2) is 12.2 Å². The Bertz CT molecular complexity index is 992. The summed E-state index contributed by atoms with van der Waals surface area (Å²) < 4.78 is 16.3. The minimum Gasteiger partial charge on any atom is -0.480 e. The fraction of sp³-hybridized carbons (Fsp3) is 0.704. The van der Waals surface area contributed by atoms with Crippen LogP contribution in [0.5, 0.6) is 0 Å². The average molecular weight is 600 g/mol. The van der Waals surface area contributed by atoms with Crippen molar-refractivity contribution in [2.24, 2.45) is 11.8 Å². The number of nitrogens with one attached hydrogen (secondary N) is 5. The van der Waals surface area contributed by atoms with Crippen molar-refractivity contribution in [1.29, 1.82) is 0 Å². The number of hydrogen-bond donors (Lipinski definition) is 6. The second-order valence-electron chi connectivity index (χ2n) is 11.3. The van der Waals surface area contributed by atoms with Crippen molar-refractivity contribution in [3.8, 4) is 0 Å². The second kappa shape index (κ2) is 17.3. The van der Waals surface area contributed by atoms with E-state index in [-0.39, 0.29) is 32.3 Å². The summed E-state index contributed by atoms with van der Waals surface area (Å²) in [5, 5.41) is 21.4. The zero-order valence-electron chi connectivity index (χ0n) is 25.3. The highest BCUT2D eigenvalue weighted by molar-refractivity contribution is 5.94. The van der Waals surface area contributed by atoms with Gasteiger partial charge in [0.05, 0.1) is 26.4 Å². The van der Waals surface area contributed by atoms with E-state index in [0.29, 0.717) is 0 Å². The normalized spacial score (nSPS) is 23.6. The number of carboxylic acid groups (broad SMARTS) is 1. The molecule has 0 aromatic carbocycles. The Labute approximate surface area is 245 Å². The Kier molecular flexibility index (Phi) is 14.9. The fourth-order valence-corrected chi connectivity index (χ4v) is 3.57. The Balaban J connectivity index is 3.27. The molecule has 1 aliphatic rings. The molecule has 0 saturated heterocycles. The first kappa shape index (κ1) is 36.3. The van der Waals surface area contributed by atoms with E-state index in [1.165, 1.54) is 6.08 Å². The van der Waals surface area contributed by atoms with Crippen LogP contribution in [0.4, 0.5) is 4.79 Å². The number of rotatable bonds is 6. The first-order valence-corrected chi connectivity index (χ1v) is 13.7. The summed E-state index contributed by atoms with van der Waals surface area (Å²) in [6.07, 6.45) is 0.998. The fourth-order valence-electron chi connectivity index (χ4n) is 3.57. The second-order valence-corrected chi connectivity index (χ2v) is 11.3. The molecule has 1 heterocycles. The van der Waals surface area contributed by atoms with Crippen molar-refractivity contribution in [3.05, 3.63) is 12.2 Å². The molecule has 0 spiro atoms. The zero-order chi connectivity index (χ0) is 32.0. The summed E-state index contributed by atoms with van der Waals surface area (Å²) in [6, 6.07) is -3.34. The Morgan fingerprint density at radius 2 is 1.55 bits per heavy atom. The number of carbonyl (C=O) groups excluding carboxylic acids is 5. The number of ether oxygens (including phenoxy) is 3. The van der Waals surface area contributed by atoms with E-state index in [0.717, 1.165) is 0 Å². The number of carboxylic acids is 1. The molecular formula is C27H45N5O10. The molecule has 15 nitrogen and oxygen atoms in total. The van der Waals surface area contributed by atoms with Crippen LogP contribution in [-0.4, -0.2) is 104 Å². The third-order valence-corrected chi connectivity index (χ3v) is 5.73. The van der Waals surface area contributed by atoms with Gasteiger partial charge < -0.3 is 45.9 Å². The summed E-state index contributed by atoms with van der Waals surface area (Å²) in [5.74, 6) is -4.73. The Morgan fingerprint density at radius 3 is 2.12 bits per heavy atom. The average Bonchev–Trinajstić information content (AvgIpc) is 2.86. The quantitative estimate of drug-likeness (QED) is 0.215. The van der Waals surface area contributed by atoms with Gasteiger partial charge in [0.25, 0.3) is 5.91 Å². The molecular weight excluding hydrogens is 554 g/mol. The summed E-state index contributed by atoms with van der Waals surface area (Å²) in [5.41, 5.74) is -0.825. The van der Waals surface area contributed by atoms with Crippen LogP contribution in [0.1, 0.15) is 48.5 Å². The van der Waals surface area contributed by atoms with E-state index >= 15 is 0 Å². The van der Waals surface area contributed by atoms with Gasteiger partial charge in [-0.15, -0.1) is 0 Å². The predicted molar refractivity (Wildman–Crippen MR) is 150 cm³/mol. The van der Waals surface area contributed by atoms with Gasteiger partial charge in [0.15, 0.2) is 6.10 Å². The maximum Gasteiger partial charge on any atom is 0.408 e. The van der Waals surface area contributed by atoms with Crippen LogP contribution in [0.2, 0.25) is 0 Å². The molecule has 1 aliphatic heterocycles. The lowest BCUT2D eigenvalue weighted by molar-refractivity contribution is -0.140. The van der Waals surface area contributed by atoms with Crippen LogP contribution in [0.3, 0.4) is 0 Å². The van der Waals surface area contributed by atoms with Crippen LogP contribution < -0.4 is 26.6 Å². The van der Waals surface area contributed by atoms with Gasteiger partial charge in [0.2, 0.25) is 17.7 Å². The van der Waals surface area contributed by atoms with Crippen molar-refractivity contribution in [3.63, 3.8) is 0 Å². The van der Waals surface area contributed by atoms with Gasteiger partial charge in [0.1, 0.15) is 30.3 Å². The number of amides is 5. The minimum absolute atomic E-state index is 0.0000840. The molecule has 15 heteroatoms. The molecule has 0 saturated carbocycles. The number of aliphatic carboxylic acids is 1. The molecule has 42 heavy (non-hydrogen) atoms. The highest BCUT2D eigenvalue weighted by Gasteiger charge is 2.33. The SMILES string of the molecule is CC(C)[C@@H]1NC(=O)[C@@H](NC(=O)OC(C)(C)C)COCC=CCOC(C(=O)NCC(=O)O)CNC(=O)[C@H](C(C)C)NC1=O. The van der Waals surface area contributed by atoms with E-state index < -0.39 is 78.0 Å². The van der Waals surface area contributed by atoms with Crippen LogP contribution in [0, 0.1) is 11.8 Å². The number of alkyl carbamates (subject to hydrolysis) is 1. The van der Waals surface area contributed by atoms with E-state index in [4.69, 9.17) is 19.3 Å². The maximum atomic E-state index is 13.3. The lowest BCUT2D eigenvalue weighted by Gasteiger charge is -2.29. The predicted octanol–water partition coefficient (Wildman–Crippen LogP) is -0.550. The van der Waals surface area contributed by atoms with Gasteiger partial charge in [0, 0.05) is 0 Å². The monoisotopic (exact) mass is 599 g/mol. The lowest BCUT2D eigenvalue weighted by atomic mass is 9.99. The topological polar surface area (TPSA) is 210 Å². The van der Waals surface area contributed by atoms with Gasteiger partial charge in [-0.2, -0.15) is 0 Å². The van der Waals surface area contributed by atoms with Crippen LogP contribution >= 0.6 is 0 Å². The molecule has 6 N–H and O–H groups in total. The van der Waals surface area contributed by atoms with Gasteiger partial charge in [-0.05, 0) is 32.6 Å². The van der Waals surface area contributed by atoms with Crippen LogP contribution in [0.25, 0.3) is 0 Å². The highest BCUT2D eigenvalue weighted by Crippen LogP contribution is 2.09. The molecule has 4 atom stereocenters. The minimum atomic E-state index is -1.25. The first-order valence-electron chi connectivity index (χ1n) is 13.7. The van der Waals surface area contributed by atoms with Gasteiger partial charge in [-0.3, -0.25) is 24.0 Å². The smallest absolute Gasteiger partial charge is 0.408 e. The van der Waals surface area contributed by atoms with Crippen molar-refractivity contribution >= 4 is 35.7 Å². The maximum absolute atomic E-state index is 13.3. The highest BCUT2D eigenvalue weighted by atomic mass is 16.6. The van der Waals surface area contributed by atoms with Crippen molar-refractivity contribution < 1.29 is 48.1 Å². The van der Waals surface area contributed by atoms with E-state index in [1.807, 2.05) is 0 Å². The van der Waals surface area contributed by atoms with Gasteiger partial charge in [-0.25, -0.2) is 4.79 Å². The summed E-state index contributed by atoms with van der Waals surface area (Å²) in [6.45, 7) is 10.5. The molecule has 5 amide bonds. The summed E-state index contributed by atoms with van der Waals surface area (Å²) in [7, 11) is 0. The van der Waals surface area contributed by atoms with Crippen LogP contribution in [-0.2, 0) is 38.2 Å². The lowest BCUT2D eigenvalue weighted by Crippen LogP contribution is -2.60. The summed E-state index contributed by atoms with van der Waals surface area (Å²) >= 11 is 0. The third kappa shape index (κ3) is 13.8. The molecule has 1 rings (SSSR count). The van der Waals surface area contributed by atoms with Crippen molar-refractivity contribution in [2.45, 2.75) is 78.3 Å². The third-order valence-electron chi connectivity index (χ3n) is 5.73. The molecule has 238 valence electrons. The standard InChI is InChI=1S/C27H45N5O10/c1-15(2)20-24(37)28-12-18(23(36)29-13-19(33)34)41-11-9-8-10-40-14-17(30-26(39)42-27(5,6)7)22(35)31-21(16(3)4)25(38)32-20/h8-9,15-18,20-21H,10-14H2,1-7H3,(H,28,37)(H,29,36)(H,30,39)(H,31,35)(H,32,38)(H,33,34)/t17-,18?,20-,21-/m0/s1. The summed E-state index contributed by atoms with van der Waals surface area (Å²) in [4.78, 5) is 75.4. The molecule has 0 radical (unpaired) electrons. The molecule has 1 unspecified atom stereocenters. The van der Waals surface area contributed by atoms with Gasteiger partial charge >= 0.3 is 12.1 Å². The molecule has 0 aromatic rings. The van der Waals surface area contributed by atoms with E-state index in [9.17, 15) is 28.8 Å². The van der Waals surface area contributed by atoms with Gasteiger partial charge in [-0.1, -0.05) is 39.8 Å². The largest absolute Gasteiger partial charge is 0.480 e. The Hall–Kier alpha value is -3.72.